The van der Waals surface area contributed by atoms with Crippen molar-refractivity contribution in [2.24, 2.45) is 7.05 Å². The standard InChI is InChI=1S/C15H17ClN4O2/c1-10-3-4-11(16)7-12(10)15(21)20-5-6-22-13(8-20)14-18-17-9-19(14)2/h3-4,7,9,13H,5-6,8H2,1-2H3/t13-/m1/s1. The summed E-state index contributed by atoms with van der Waals surface area (Å²) < 4.78 is 7.54. The molecule has 0 bridgehead atoms. The number of morpholine rings is 1. The van der Waals surface area contributed by atoms with Gasteiger partial charge in [-0.15, -0.1) is 10.2 Å². The van der Waals surface area contributed by atoms with E-state index in [1.54, 1.807) is 23.4 Å². The van der Waals surface area contributed by atoms with E-state index in [-0.39, 0.29) is 12.0 Å². The van der Waals surface area contributed by atoms with Crippen LogP contribution in [0.4, 0.5) is 0 Å². The first-order valence-corrected chi connectivity index (χ1v) is 7.45. The topological polar surface area (TPSA) is 60.3 Å². The van der Waals surface area contributed by atoms with Gasteiger partial charge in [0.2, 0.25) is 0 Å². The first kappa shape index (κ1) is 15.0. The molecule has 1 atom stereocenters. The summed E-state index contributed by atoms with van der Waals surface area (Å²) in [6.45, 7) is 3.39. The number of hydrogen-bond acceptors (Lipinski definition) is 4. The fourth-order valence-electron chi connectivity index (χ4n) is 2.57. The van der Waals surface area contributed by atoms with Gasteiger partial charge in [-0.05, 0) is 24.6 Å². The average Bonchev–Trinajstić information content (AvgIpc) is 2.95. The number of carbonyl (C=O) groups is 1. The van der Waals surface area contributed by atoms with Gasteiger partial charge in [-0.2, -0.15) is 0 Å². The molecule has 116 valence electrons. The summed E-state index contributed by atoms with van der Waals surface area (Å²) in [5, 5.41) is 8.49. The molecule has 0 radical (unpaired) electrons. The molecule has 1 aromatic heterocycles. The lowest BCUT2D eigenvalue weighted by molar-refractivity contribution is -0.0281. The van der Waals surface area contributed by atoms with Crippen LogP contribution in [0.5, 0.6) is 0 Å². The highest BCUT2D eigenvalue weighted by atomic mass is 35.5. The molecule has 0 unspecified atom stereocenters. The molecule has 1 amide bonds. The lowest BCUT2D eigenvalue weighted by atomic mass is 10.1. The average molecular weight is 321 g/mol. The van der Waals surface area contributed by atoms with Crippen molar-refractivity contribution in [2.75, 3.05) is 19.7 Å². The fraction of sp³-hybridized carbons (Fsp3) is 0.400. The van der Waals surface area contributed by atoms with Gasteiger partial charge in [0.25, 0.3) is 5.91 Å². The second-order valence-electron chi connectivity index (χ2n) is 5.37. The molecule has 22 heavy (non-hydrogen) atoms. The molecule has 1 saturated heterocycles. The minimum Gasteiger partial charge on any atom is -0.366 e. The Morgan fingerprint density at radius 2 is 2.27 bits per heavy atom. The molecule has 0 spiro atoms. The number of hydrogen-bond donors (Lipinski definition) is 0. The summed E-state index contributed by atoms with van der Waals surface area (Å²) in [4.78, 5) is 14.5. The van der Waals surface area contributed by atoms with E-state index >= 15 is 0 Å². The largest absolute Gasteiger partial charge is 0.366 e. The highest BCUT2D eigenvalue weighted by Crippen LogP contribution is 2.23. The predicted octanol–water partition coefficient (Wildman–Crippen LogP) is 1.99. The quantitative estimate of drug-likeness (QED) is 0.849. The normalized spacial score (nSPS) is 18.5. The molecular formula is C15H17ClN4O2. The van der Waals surface area contributed by atoms with Crippen LogP contribution in [0.15, 0.2) is 24.5 Å². The van der Waals surface area contributed by atoms with Crippen molar-refractivity contribution in [2.45, 2.75) is 13.0 Å². The first-order valence-electron chi connectivity index (χ1n) is 7.07. The lowest BCUT2D eigenvalue weighted by Crippen LogP contribution is -2.43. The van der Waals surface area contributed by atoms with Gasteiger partial charge in [-0.1, -0.05) is 17.7 Å². The number of carbonyl (C=O) groups excluding carboxylic acids is 1. The summed E-state index contributed by atoms with van der Waals surface area (Å²) >= 11 is 6.01. The molecule has 2 heterocycles. The van der Waals surface area contributed by atoms with Crippen LogP contribution in [0.3, 0.4) is 0 Å². The van der Waals surface area contributed by atoms with Gasteiger partial charge in [0.15, 0.2) is 5.82 Å². The van der Waals surface area contributed by atoms with Gasteiger partial charge in [0.1, 0.15) is 12.4 Å². The molecule has 1 aliphatic rings. The second kappa shape index (κ2) is 6.06. The van der Waals surface area contributed by atoms with Crippen molar-refractivity contribution in [3.63, 3.8) is 0 Å². The number of rotatable bonds is 2. The van der Waals surface area contributed by atoms with E-state index < -0.39 is 0 Å². The molecule has 3 rings (SSSR count). The zero-order valence-corrected chi connectivity index (χ0v) is 13.2. The van der Waals surface area contributed by atoms with Crippen LogP contribution in [0, 0.1) is 6.92 Å². The maximum Gasteiger partial charge on any atom is 0.254 e. The second-order valence-corrected chi connectivity index (χ2v) is 5.81. The third-order valence-corrected chi connectivity index (χ3v) is 4.05. The Morgan fingerprint density at radius 3 is 3.00 bits per heavy atom. The van der Waals surface area contributed by atoms with E-state index in [1.807, 2.05) is 24.6 Å². The van der Waals surface area contributed by atoms with Crippen molar-refractivity contribution in [1.29, 1.82) is 0 Å². The molecule has 1 aromatic carbocycles. The van der Waals surface area contributed by atoms with Crippen LogP contribution in [-0.2, 0) is 11.8 Å². The molecule has 0 N–H and O–H groups in total. The maximum atomic E-state index is 12.7. The zero-order chi connectivity index (χ0) is 15.7. The molecule has 1 aliphatic heterocycles. The Labute approximate surface area is 133 Å². The maximum absolute atomic E-state index is 12.7. The van der Waals surface area contributed by atoms with Gasteiger partial charge in [-0.25, -0.2) is 0 Å². The third-order valence-electron chi connectivity index (χ3n) is 3.82. The molecule has 1 fully saturated rings. The molecule has 6 nitrogen and oxygen atoms in total. The zero-order valence-electron chi connectivity index (χ0n) is 12.5. The van der Waals surface area contributed by atoms with E-state index in [2.05, 4.69) is 10.2 Å². The number of amides is 1. The van der Waals surface area contributed by atoms with Crippen LogP contribution in [0.2, 0.25) is 5.02 Å². The summed E-state index contributed by atoms with van der Waals surface area (Å²) in [5.41, 5.74) is 1.54. The SMILES string of the molecule is Cc1ccc(Cl)cc1C(=O)N1CCO[C@@H](c2nncn2C)C1. The molecule has 0 saturated carbocycles. The van der Waals surface area contributed by atoms with Gasteiger partial charge in [0.05, 0.1) is 13.2 Å². The highest BCUT2D eigenvalue weighted by molar-refractivity contribution is 6.31. The van der Waals surface area contributed by atoms with E-state index in [4.69, 9.17) is 16.3 Å². The van der Waals surface area contributed by atoms with Crippen molar-refractivity contribution in [3.8, 4) is 0 Å². The van der Waals surface area contributed by atoms with E-state index in [0.29, 0.717) is 30.3 Å². The first-order chi connectivity index (χ1) is 10.6. The monoisotopic (exact) mass is 320 g/mol. The lowest BCUT2D eigenvalue weighted by Gasteiger charge is -2.32. The van der Waals surface area contributed by atoms with Crippen molar-refractivity contribution in [1.82, 2.24) is 19.7 Å². The summed E-state index contributed by atoms with van der Waals surface area (Å²) in [6, 6.07) is 5.36. The number of aromatic nitrogens is 3. The number of halogens is 1. The van der Waals surface area contributed by atoms with E-state index in [1.165, 1.54) is 0 Å². The van der Waals surface area contributed by atoms with E-state index in [0.717, 1.165) is 11.4 Å². The van der Waals surface area contributed by atoms with Crippen molar-refractivity contribution < 1.29 is 9.53 Å². The molecule has 2 aromatic rings. The molecular weight excluding hydrogens is 304 g/mol. The number of benzene rings is 1. The smallest absolute Gasteiger partial charge is 0.254 e. The Morgan fingerprint density at radius 1 is 1.45 bits per heavy atom. The molecule has 0 aliphatic carbocycles. The van der Waals surface area contributed by atoms with Crippen LogP contribution in [0.1, 0.15) is 27.8 Å². The molecule has 7 heteroatoms. The Hall–Kier alpha value is -1.92. The Kier molecular flexibility index (Phi) is 4.13. The van der Waals surface area contributed by atoms with Crippen molar-refractivity contribution in [3.05, 3.63) is 46.5 Å². The van der Waals surface area contributed by atoms with E-state index in [9.17, 15) is 4.79 Å². The fourth-order valence-corrected chi connectivity index (χ4v) is 2.74. The Balaban J connectivity index is 1.81. The van der Waals surface area contributed by atoms with Gasteiger partial charge in [-0.3, -0.25) is 4.79 Å². The van der Waals surface area contributed by atoms with Crippen molar-refractivity contribution >= 4 is 17.5 Å². The number of nitrogens with zero attached hydrogens (tertiary/aromatic N) is 4. The van der Waals surface area contributed by atoms with Gasteiger partial charge < -0.3 is 14.2 Å². The minimum absolute atomic E-state index is 0.0320. The highest BCUT2D eigenvalue weighted by Gasteiger charge is 2.29. The van der Waals surface area contributed by atoms with Crippen LogP contribution < -0.4 is 0 Å². The summed E-state index contributed by atoms with van der Waals surface area (Å²) in [7, 11) is 1.86. The van der Waals surface area contributed by atoms with Crippen LogP contribution in [0.25, 0.3) is 0 Å². The number of aryl methyl sites for hydroxylation is 2. The summed E-state index contributed by atoms with van der Waals surface area (Å²) in [5.74, 6) is 0.691. The summed E-state index contributed by atoms with van der Waals surface area (Å²) in [6.07, 6.45) is 1.37. The van der Waals surface area contributed by atoms with Crippen LogP contribution in [-0.4, -0.2) is 45.3 Å². The van der Waals surface area contributed by atoms with Gasteiger partial charge >= 0.3 is 0 Å². The number of ether oxygens (including phenoxy) is 1. The third kappa shape index (κ3) is 2.84. The van der Waals surface area contributed by atoms with Crippen LogP contribution >= 0.6 is 11.6 Å². The minimum atomic E-state index is -0.260. The van der Waals surface area contributed by atoms with Gasteiger partial charge in [0, 0.05) is 24.2 Å². The Bertz CT molecular complexity index is 701. The predicted molar refractivity (Wildman–Crippen MR) is 81.8 cm³/mol.